The molecule has 1 heterocycles. The van der Waals surface area contributed by atoms with E-state index in [1.54, 1.807) is 7.11 Å². The highest BCUT2D eigenvalue weighted by molar-refractivity contribution is 4.74. The normalized spacial score (nSPS) is 22.5. The molecule has 1 saturated heterocycles. The predicted molar refractivity (Wildman–Crippen MR) is 48.1 cm³/mol. The number of aliphatic hydroxyl groups is 1. The Morgan fingerprint density at radius 3 is 2.75 bits per heavy atom. The molecule has 0 aromatic rings. The van der Waals surface area contributed by atoms with E-state index in [1.165, 1.54) is 0 Å². The zero-order valence-corrected chi connectivity index (χ0v) is 7.75. The minimum absolute atomic E-state index is 0.160. The Balaban J connectivity index is 2.15. The third-order valence-electron chi connectivity index (χ3n) is 2.55. The van der Waals surface area contributed by atoms with Gasteiger partial charge in [-0.05, 0) is 38.3 Å². The highest BCUT2D eigenvalue weighted by atomic mass is 16.5. The summed E-state index contributed by atoms with van der Waals surface area (Å²) in [6, 6.07) is 0. The second-order valence-corrected chi connectivity index (χ2v) is 3.44. The van der Waals surface area contributed by atoms with Crippen molar-refractivity contribution in [2.24, 2.45) is 5.92 Å². The molecule has 12 heavy (non-hydrogen) atoms. The first-order chi connectivity index (χ1) is 5.84. The molecule has 3 nitrogen and oxygen atoms in total. The van der Waals surface area contributed by atoms with Crippen LogP contribution in [-0.2, 0) is 4.74 Å². The Labute approximate surface area is 74.1 Å². The van der Waals surface area contributed by atoms with Gasteiger partial charge in [0.2, 0.25) is 0 Å². The van der Waals surface area contributed by atoms with Crippen molar-refractivity contribution < 1.29 is 9.84 Å². The molecule has 3 heteroatoms. The van der Waals surface area contributed by atoms with E-state index in [0.29, 0.717) is 12.5 Å². The van der Waals surface area contributed by atoms with Gasteiger partial charge in [-0.3, -0.25) is 0 Å². The predicted octanol–water partition coefficient (Wildman–Crippen LogP) is 0.383. The molecule has 2 N–H and O–H groups in total. The molecule has 0 aliphatic carbocycles. The zero-order valence-electron chi connectivity index (χ0n) is 7.75. The number of nitrogens with one attached hydrogen (secondary N) is 1. The molecule has 1 aliphatic rings. The van der Waals surface area contributed by atoms with Crippen LogP contribution in [-0.4, -0.2) is 38.0 Å². The Morgan fingerprint density at radius 2 is 2.17 bits per heavy atom. The van der Waals surface area contributed by atoms with Crippen molar-refractivity contribution in [3.63, 3.8) is 0 Å². The molecule has 1 aliphatic heterocycles. The molecule has 72 valence electrons. The molecular formula is C9H19NO2. The monoisotopic (exact) mass is 173 g/mol. The largest absolute Gasteiger partial charge is 0.393 e. The Bertz CT molecular complexity index is 113. The SMILES string of the molecule is COCCC(O)C1CCNCC1. The van der Waals surface area contributed by atoms with Crippen LogP contribution in [0.3, 0.4) is 0 Å². The summed E-state index contributed by atoms with van der Waals surface area (Å²) >= 11 is 0. The van der Waals surface area contributed by atoms with E-state index in [2.05, 4.69) is 5.32 Å². The van der Waals surface area contributed by atoms with Crippen LogP contribution in [0.1, 0.15) is 19.3 Å². The van der Waals surface area contributed by atoms with Crippen LogP contribution in [0.2, 0.25) is 0 Å². The van der Waals surface area contributed by atoms with Gasteiger partial charge in [-0.1, -0.05) is 0 Å². The van der Waals surface area contributed by atoms with Crippen LogP contribution in [0.5, 0.6) is 0 Å². The van der Waals surface area contributed by atoms with E-state index in [0.717, 1.165) is 32.4 Å². The summed E-state index contributed by atoms with van der Waals surface area (Å²) in [6.07, 6.45) is 2.82. The maximum atomic E-state index is 9.70. The number of ether oxygens (including phenoxy) is 1. The number of aliphatic hydroxyl groups excluding tert-OH is 1. The molecule has 0 aromatic heterocycles. The fourth-order valence-electron chi connectivity index (χ4n) is 1.70. The van der Waals surface area contributed by atoms with Crippen molar-refractivity contribution >= 4 is 0 Å². The minimum atomic E-state index is -0.160. The molecule has 1 unspecified atom stereocenters. The van der Waals surface area contributed by atoms with E-state index >= 15 is 0 Å². The summed E-state index contributed by atoms with van der Waals surface area (Å²) in [5.41, 5.74) is 0. The smallest absolute Gasteiger partial charge is 0.0591 e. The average molecular weight is 173 g/mol. The summed E-state index contributed by atoms with van der Waals surface area (Å²) in [5.74, 6) is 0.487. The van der Waals surface area contributed by atoms with Crippen LogP contribution >= 0.6 is 0 Å². The van der Waals surface area contributed by atoms with Crippen molar-refractivity contribution in [1.82, 2.24) is 5.32 Å². The number of hydrogen-bond acceptors (Lipinski definition) is 3. The van der Waals surface area contributed by atoms with Crippen molar-refractivity contribution in [1.29, 1.82) is 0 Å². The summed E-state index contributed by atoms with van der Waals surface area (Å²) in [6.45, 7) is 2.77. The van der Waals surface area contributed by atoms with E-state index in [1.807, 2.05) is 0 Å². The van der Waals surface area contributed by atoms with Crippen LogP contribution in [0.15, 0.2) is 0 Å². The topological polar surface area (TPSA) is 41.5 Å². The van der Waals surface area contributed by atoms with Crippen molar-refractivity contribution in [3.05, 3.63) is 0 Å². The van der Waals surface area contributed by atoms with E-state index in [-0.39, 0.29) is 6.10 Å². The summed E-state index contributed by atoms with van der Waals surface area (Å²) in [4.78, 5) is 0. The quantitative estimate of drug-likeness (QED) is 0.646. The molecule has 1 atom stereocenters. The minimum Gasteiger partial charge on any atom is -0.393 e. The lowest BCUT2D eigenvalue weighted by atomic mass is 9.91. The van der Waals surface area contributed by atoms with E-state index in [9.17, 15) is 5.11 Å². The van der Waals surface area contributed by atoms with E-state index < -0.39 is 0 Å². The molecule has 0 aromatic carbocycles. The van der Waals surface area contributed by atoms with Crippen molar-refractivity contribution in [2.45, 2.75) is 25.4 Å². The second-order valence-electron chi connectivity index (χ2n) is 3.44. The Kier molecular flexibility index (Phi) is 4.58. The zero-order chi connectivity index (χ0) is 8.81. The molecule has 0 saturated carbocycles. The first kappa shape index (κ1) is 9.96. The maximum absolute atomic E-state index is 9.70. The lowest BCUT2D eigenvalue weighted by molar-refractivity contribution is 0.0539. The molecular weight excluding hydrogens is 154 g/mol. The van der Waals surface area contributed by atoms with Gasteiger partial charge in [-0.25, -0.2) is 0 Å². The van der Waals surface area contributed by atoms with Crippen LogP contribution in [0.25, 0.3) is 0 Å². The lowest BCUT2D eigenvalue weighted by Crippen LogP contribution is -2.34. The van der Waals surface area contributed by atoms with Crippen molar-refractivity contribution in [3.8, 4) is 0 Å². The molecule has 0 radical (unpaired) electrons. The first-order valence-electron chi connectivity index (χ1n) is 4.72. The second kappa shape index (κ2) is 5.51. The number of hydrogen-bond donors (Lipinski definition) is 2. The van der Waals surface area contributed by atoms with Gasteiger partial charge in [-0.15, -0.1) is 0 Å². The first-order valence-corrected chi connectivity index (χ1v) is 4.72. The molecule has 0 amide bonds. The van der Waals surface area contributed by atoms with Gasteiger partial charge in [0, 0.05) is 13.7 Å². The highest BCUT2D eigenvalue weighted by Gasteiger charge is 2.20. The lowest BCUT2D eigenvalue weighted by Gasteiger charge is -2.26. The van der Waals surface area contributed by atoms with Gasteiger partial charge in [0.1, 0.15) is 0 Å². The molecule has 1 rings (SSSR count). The van der Waals surface area contributed by atoms with Gasteiger partial charge >= 0.3 is 0 Å². The summed E-state index contributed by atoms with van der Waals surface area (Å²) in [5, 5.41) is 13.0. The third-order valence-corrected chi connectivity index (χ3v) is 2.55. The third kappa shape index (κ3) is 3.09. The standard InChI is InChI=1S/C9H19NO2/c1-12-7-4-9(11)8-2-5-10-6-3-8/h8-11H,2-7H2,1H3. The maximum Gasteiger partial charge on any atom is 0.0591 e. The average Bonchev–Trinajstić information content (AvgIpc) is 2.15. The molecule has 0 bridgehead atoms. The van der Waals surface area contributed by atoms with Gasteiger partial charge in [0.05, 0.1) is 6.10 Å². The van der Waals surface area contributed by atoms with Crippen LogP contribution < -0.4 is 5.32 Å². The molecule has 0 spiro atoms. The van der Waals surface area contributed by atoms with Crippen LogP contribution in [0.4, 0.5) is 0 Å². The molecule has 1 fully saturated rings. The van der Waals surface area contributed by atoms with Gasteiger partial charge in [0.15, 0.2) is 0 Å². The van der Waals surface area contributed by atoms with Gasteiger partial charge in [-0.2, -0.15) is 0 Å². The number of rotatable bonds is 4. The van der Waals surface area contributed by atoms with Gasteiger partial charge < -0.3 is 15.2 Å². The van der Waals surface area contributed by atoms with Gasteiger partial charge in [0.25, 0.3) is 0 Å². The van der Waals surface area contributed by atoms with Crippen LogP contribution in [0, 0.1) is 5.92 Å². The Morgan fingerprint density at radius 1 is 1.50 bits per heavy atom. The number of piperidine rings is 1. The summed E-state index contributed by atoms with van der Waals surface area (Å²) in [7, 11) is 1.68. The summed E-state index contributed by atoms with van der Waals surface area (Å²) < 4.78 is 4.93. The number of methoxy groups -OCH3 is 1. The fourth-order valence-corrected chi connectivity index (χ4v) is 1.70. The Hall–Kier alpha value is -0.120. The highest BCUT2D eigenvalue weighted by Crippen LogP contribution is 2.18. The van der Waals surface area contributed by atoms with Crippen molar-refractivity contribution in [2.75, 3.05) is 26.8 Å². The van der Waals surface area contributed by atoms with E-state index in [4.69, 9.17) is 4.74 Å². The fraction of sp³-hybridized carbons (Fsp3) is 1.00.